The first kappa shape index (κ1) is 21.2. The van der Waals surface area contributed by atoms with E-state index in [4.69, 9.17) is 4.98 Å². The molecule has 1 aliphatic heterocycles. The molecule has 0 bridgehead atoms. The molecule has 0 radical (unpaired) electrons. The topological polar surface area (TPSA) is 88.4 Å². The molecule has 2 aromatic heterocycles. The van der Waals surface area contributed by atoms with Crippen LogP contribution in [0.3, 0.4) is 0 Å². The Bertz CT molecular complexity index is 1080. The van der Waals surface area contributed by atoms with E-state index in [0.29, 0.717) is 18.4 Å². The number of nitrogens with zero attached hydrogens (tertiary/aromatic N) is 5. The number of hydrogen-bond acceptors (Lipinski definition) is 6. The fraction of sp³-hybridized carbons (Fsp3) is 0.667. The lowest BCUT2D eigenvalue weighted by Gasteiger charge is -2.33. The minimum absolute atomic E-state index is 0.0269. The second kappa shape index (κ2) is 8.26. The average molecular weight is 434 g/mol. The molecule has 2 aliphatic rings. The molecule has 1 saturated heterocycles. The SMILES string of the molecule is Cc1cc(=O)n(C2CCCC2)c2nc(N3CCC(CN(C)S(C)(=O)=O)CC3)ncc12. The van der Waals surface area contributed by atoms with Gasteiger partial charge in [-0.25, -0.2) is 17.7 Å². The van der Waals surface area contributed by atoms with Crippen molar-refractivity contribution in [2.45, 2.75) is 51.5 Å². The molecule has 0 atom stereocenters. The van der Waals surface area contributed by atoms with Crippen molar-refractivity contribution in [3.05, 3.63) is 28.2 Å². The molecule has 2 aromatic rings. The molecule has 0 N–H and O–H groups in total. The summed E-state index contributed by atoms with van der Waals surface area (Å²) in [5, 5.41) is 0.940. The Morgan fingerprint density at radius 2 is 1.83 bits per heavy atom. The third-order valence-electron chi connectivity index (χ3n) is 6.66. The zero-order chi connectivity index (χ0) is 21.5. The van der Waals surface area contributed by atoms with Gasteiger partial charge in [-0.3, -0.25) is 9.36 Å². The van der Waals surface area contributed by atoms with E-state index in [9.17, 15) is 13.2 Å². The minimum Gasteiger partial charge on any atom is -0.341 e. The highest BCUT2D eigenvalue weighted by atomic mass is 32.2. The maximum Gasteiger partial charge on any atom is 0.252 e. The molecule has 164 valence electrons. The number of fused-ring (bicyclic) bond motifs is 1. The average Bonchev–Trinajstić information content (AvgIpc) is 3.21. The number of piperidine rings is 1. The number of hydrogen-bond donors (Lipinski definition) is 0. The summed E-state index contributed by atoms with van der Waals surface area (Å²) in [6.07, 6.45) is 9.24. The maximum absolute atomic E-state index is 12.8. The summed E-state index contributed by atoms with van der Waals surface area (Å²) in [5.74, 6) is 0.995. The summed E-state index contributed by atoms with van der Waals surface area (Å²) in [4.78, 5) is 24.4. The van der Waals surface area contributed by atoms with E-state index in [1.807, 2.05) is 17.7 Å². The normalized spacial score (nSPS) is 19.3. The van der Waals surface area contributed by atoms with Crippen LogP contribution in [0.5, 0.6) is 0 Å². The van der Waals surface area contributed by atoms with Crippen molar-refractivity contribution in [2.24, 2.45) is 5.92 Å². The Hall–Kier alpha value is -2.00. The van der Waals surface area contributed by atoms with Crippen LogP contribution in [0.4, 0.5) is 5.95 Å². The molecule has 1 aliphatic carbocycles. The first-order valence-corrected chi connectivity index (χ1v) is 12.6. The van der Waals surface area contributed by atoms with E-state index in [0.717, 1.165) is 68.2 Å². The van der Waals surface area contributed by atoms with Crippen LogP contribution >= 0.6 is 0 Å². The number of aryl methyl sites for hydroxylation is 1. The van der Waals surface area contributed by atoms with Gasteiger partial charge in [0.05, 0.1) is 6.26 Å². The Kier molecular flexibility index (Phi) is 5.85. The summed E-state index contributed by atoms with van der Waals surface area (Å²) >= 11 is 0. The number of rotatable bonds is 5. The van der Waals surface area contributed by atoms with Gasteiger partial charge in [-0.15, -0.1) is 0 Å². The predicted molar refractivity (Wildman–Crippen MR) is 118 cm³/mol. The van der Waals surface area contributed by atoms with Crippen LogP contribution in [0.25, 0.3) is 11.0 Å². The van der Waals surface area contributed by atoms with Crippen LogP contribution in [0.1, 0.15) is 50.1 Å². The highest BCUT2D eigenvalue weighted by molar-refractivity contribution is 7.88. The summed E-state index contributed by atoms with van der Waals surface area (Å²) in [6, 6.07) is 1.92. The van der Waals surface area contributed by atoms with Crippen LogP contribution in [-0.4, -0.2) is 60.2 Å². The summed E-state index contributed by atoms with van der Waals surface area (Å²) in [5.41, 5.74) is 1.69. The van der Waals surface area contributed by atoms with Crippen molar-refractivity contribution in [3.63, 3.8) is 0 Å². The van der Waals surface area contributed by atoms with E-state index in [2.05, 4.69) is 9.88 Å². The van der Waals surface area contributed by atoms with Gasteiger partial charge in [0.15, 0.2) is 0 Å². The largest absolute Gasteiger partial charge is 0.341 e. The van der Waals surface area contributed by atoms with Gasteiger partial charge >= 0.3 is 0 Å². The van der Waals surface area contributed by atoms with Gasteiger partial charge in [-0.1, -0.05) is 12.8 Å². The Balaban J connectivity index is 1.57. The molecule has 3 heterocycles. The van der Waals surface area contributed by atoms with Gasteiger partial charge in [-0.2, -0.15) is 4.98 Å². The molecule has 30 heavy (non-hydrogen) atoms. The summed E-state index contributed by atoms with van der Waals surface area (Å²) < 4.78 is 26.7. The maximum atomic E-state index is 12.8. The highest BCUT2D eigenvalue weighted by Gasteiger charge is 2.26. The van der Waals surface area contributed by atoms with E-state index in [1.54, 1.807) is 13.1 Å². The fourth-order valence-electron chi connectivity index (χ4n) is 4.74. The first-order chi connectivity index (χ1) is 14.2. The number of sulfonamides is 1. The van der Waals surface area contributed by atoms with E-state index in [-0.39, 0.29) is 11.6 Å². The molecule has 4 rings (SSSR count). The molecular weight excluding hydrogens is 402 g/mol. The second-order valence-corrected chi connectivity index (χ2v) is 10.9. The van der Waals surface area contributed by atoms with Crippen molar-refractivity contribution in [1.82, 2.24) is 18.8 Å². The highest BCUT2D eigenvalue weighted by Crippen LogP contribution is 2.31. The van der Waals surface area contributed by atoms with Gasteiger partial charge in [0.25, 0.3) is 5.56 Å². The summed E-state index contributed by atoms with van der Waals surface area (Å²) in [7, 11) is -1.51. The zero-order valence-corrected chi connectivity index (χ0v) is 18.9. The van der Waals surface area contributed by atoms with Gasteiger partial charge in [0, 0.05) is 50.4 Å². The molecule has 0 amide bonds. The van der Waals surface area contributed by atoms with Crippen LogP contribution < -0.4 is 10.5 Å². The monoisotopic (exact) mass is 433 g/mol. The molecule has 1 saturated carbocycles. The fourth-order valence-corrected chi connectivity index (χ4v) is 5.23. The first-order valence-electron chi connectivity index (χ1n) is 10.8. The second-order valence-electron chi connectivity index (χ2n) is 8.86. The Labute approximate surface area is 178 Å². The van der Waals surface area contributed by atoms with Crippen LogP contribution in [-0.2, 0) is 10.0 Å². The van der Waals surface area contributed by atoms with Gasteiger partial charge in [0.2, 0.25) is 16.0 Å². The molecule has 0 unspecified atom stereocenters. The third-order valence-corrected chi connectivity index (χ3v) is 7.94. The van der Waals surface area contributed by atoms with Crippen molar-refractivity contribution in [1.29, 1.82) is 0 Å². The van der Waals surface area contributed by atoms with Crippen molar-refractivity contribution >= 4 is 27.0 Å². The van der Waals surface area contributed by atoms with Crippen LogP contribution in [0, 0.1) is 12.8 Å². The van der Waals surface area contributed by atoms with Gasteiger partial charge in [-0.05, 0) is 44.1 Å². The van der Waals surface area contributed by atoms with Crippen molar-refractivity contribution in [2.75, 3.05) is 37.8 Å². The quantitative estimate of drug-likeness (QED) is 0.719. The molecular formula is C21H31N5O3S. The molecule has 0 spiro atoms. The van der Waals surface area contributed by atoms with Gasteiger partial charge in [0.1, 0.15) is 5.65 Å². The lowest BCUT2D eigenvalue weighted by Crippen LogP contribution is -2.40. The van der Waals surface area contributed by atoms with Gasteiger partial charge < -0.3 is 4.90 Å². The zero-order valence-electron chi connectivity index (χ0n) is 18.0. The van der Waals surface area contributed by atoms with Crippen molar-refractivity contribution in [3.8, 4) is 0 Å². The molecule has 0 aromatic carbocycles. The lowest BCUT2D eigenvalue weighted by molar-refractivity contribution is 0.328. The van der Waals surface area contributed by atoms with E-state index in [1.165, 1.54) is 10.6 Å². The van der Waals surface area contributed by atoms with Crippen LogP contribution in [0.2, 0.25) is 0 Å². The standard InChI is InChI=1S/C21H31N5O3S/c1-15-12-19(27)26(17-6-4-5-7-17)20-18(15)13-22-21(23-20)25-10-8-16(9-11-25)14-24(2)30(3,28)29/h12-13,16-17H,4-11,14H2,1-3H3. The molecule has 9 heteroatoms. The summed E-state index contributed by atoms with van der Waals surface area (Å²) in [6.45, 7) is 4.06. The number of anilines is 1. The number of aromatic nitrogens is 3. The molecule has 2 fully saturated rings. The number of pyridine rings is 1. The van der Waals surface area contributed by atoms with Crippen molar-refractivity contribution < 1.29 is 8.42 Å². The van der Waals surface area contributed by atoms with E-state index < -0.39 is 10.0 Å². The Morgan fingerprint density at radius 1 is 1.17 bits per heavy atom. The Morgan fingerprint density at radius 3 is 2.47 bits per heavy atom. The third kappa shape index (κ3) is 4.23. The predicted octanol–water partition coefficient (Wildman–Crippen LogP) is 2.32. The smallest absolute Gasteiger partial charge is 0.252 e. The van der Waals surface area contributed by atoms with Crippen LogP contribution in [0.15, 0.2) is 17.1 Å². The lowest BCUT2D eigenvalue weighted by atomic mass is 9.97. The molecule has 8 nitrogen and oxygen atoms in total. The van der Waals surface area contributed by atoms with E-state index >= 15 is 0 Å². The minimum atomic E-state index is -3.15.